The van der Waals surface area contributed by atoms with Crippen molar-refractivity contribution in [3.05, 3.63) is 17.2 Å². The van der Waals surface area contributed by atoms with Crippen LogP contribution >= 0.6 is 0 Å². The Kier molecular flexibility index (Phi) is 1.16. The Balaban J connectivity index is 2.66. The van der Waals surface area contributed by atoms with Gasteiger partial charge in [0, 0.05) is 18.7 Å². The zero-order valence-corrected chi connectivity index (χ0v) is 6.72. The molecular formula is C8H10N2O. The van der Waals surface area contributed by atoms with Gasteiger partial charge < -0.3 is 4.57 Å². The van der Waals surface area contributed by atoms with E-state index in [1.54, 1.807) is 0 Å². The molecule has 0 N–H and O–H groups in total. The zero-order chi connectivity index (χ0) is 8.01. The average molecular weight is 150 g/mol. The number of carbonyl (C=O) groups excluding carboxylic acids is 1. The lowest BCUT2D eigenvalue weighted by atomic mass is 10.3. The Morgan fingerprint density at radius 2 is 2.18 bits per heavy atom. The van der Waals surface area contributed by atoms with Crippen molar-refractivity contribution in [2.75, 3.05) is 0 Å². The maximum absolute atomic E-state index is 11.1. The fraction of sp³-hybridized carbons (Fsp3) is 0.500. The maximum atomic E-state index is 11.1. The summed E-state index contributed by atoms with van der Waals surface area (Å²) in [4.78, 5) is 15.3. The van der Waals surface area contributed by atoms with Gasteiger partial charge in [-0.3, -0.25) is 4.79 Å². The quantitative estimate of drug-likeness (QED) is 0.554. The molecule has 58 valence electrons. The van der Waals surface area contributed by atoms with E-state index in [4.69, 9.17) is 0 Å². The highest BCUT2D eigenvalue weighted by molar-refractivity contribution is 5.94. The van der Waals surface area contributed by atoms with Crippen LogP contribution < -0.4 is 0 Å². The molecule has 0 spiro atoms. The second kappa shape index (κ2) is 1.94. The first-order valence-corrected chi connectivity index (χ1v) is 3.77. The van der Waals surface area contributed by atoms with Crippen molar-refractivity contribution in [2.24, 2.45) is 0 Å². The van der Waals surface area contributed by atoms with Crippen LogP contribution in [-0.4, -0.2) is 15.3 Å². The maximum Gasteiger partial charge on any atom is 0.200 e. The van der Waals surface area contributed by atoms with Gasteiger partial charge in [-0.1, -0.05) is 0 Å². The molecule has 0 radical (unpaired) electrons. The van der Waals surface area contributed by atoms with Gasteiger partial charge in [0.25, 0.3) is 0 Å². The number of Topliss-reactive ketones (excluding diaryl/α,β-unsaturated/α-hetero) is 1. The summed E-state index contributed by atoms with van der Waals surface area (Å²) in [5.74, 6) is 0.834. The van der Waals surface area contributed by atoms with Gasteiger partial charge in [-0.05, 0) is 13.8 Å². The van der Waals surface area contributed by atoms with Gasteiger partial charge in [0.05, 0.1) is 5.69 Å². The topological polar surface area (TPSA) is 34.9 Å². The number of ketones is 1. The van der Waals surface area contributed by atoms with Crippen molar-refractivity contribution in [1.29, 1.82) is 0 Å². The lowest BCUT2D eigenvalue weighted by Gasteiger charge is -1.96. The summed E-state index contributed by atoms with van der Waals surface area (Å²) in [5.41, 5.74) is 2.11. The number of rotatable bonds is 0. The molecule has 1 aliphatic rings. The largest absolute Gasteiger partial charge is 0.325 e. The van der Waals surface area contributed by atoms with E-state index in [1.165, 1.54) is 0 Å². The van der Waals surface area contributed by atoms with Crippen molar-refractivity contribution in [3.8, 4) is 0 Å². The van der Waals surface area contributed by atoms with Gasteiger partial charge in [0.15, 0.2) is 11.6 Å². The Bertz CT molecular complexity index is 325. The summed E-state index contributed by atoms with van der Waals surface area (Å²) >= 11 is 0. The van der Waals surface area contributed by atoms with Crippen molar-refractivity contribution >= 4 is 5.78 Å². The molecule has 0 aliphatic carbocycles. The number of hydrogen-bond donors (Lipinski definition) is 0. The van der Waals surface area contributed by atoms with E-state index in [2.05, 4.69) is 4.98 Å². The van der Waals surface area contributed by atoms with Gasteiger partial charge >= 0.3 is 0 Å². The summed E-state index contributed by atoms with van der Waals surface area (Å²) in [7, 11) is 0. The van der Waals surface area contributed by atoms with Crippen molar-refractivity contribution in [3.63, 3.8) is 0 Å². The van der Waals surface area contributed by atoms with Crippen LogP contribution in [0.2, 0.25) is 0 Å². The fourth-order valence-electron chi connectivity index (χ4n) is 1.47. The number of hydrogen-bond acceptors (Lipinski definition) is 2. The third-order valence-electron chi connectivity index (χ3n) is 2.27. The van der Waals surface area contributed by atoms with Crippen molar-refractivity contribution in [2.45, 2.75) is 26.8 Å². The third-order valence-corrected chi connectivity index (χ3v) is 2.27. The Morgan fingerprint density at radius 3 is 2.82 bits per heavy atom. The second-order valence-corrected chi connectivity index (χ2v) is 2.93. The molecule has 3 heteroatoms. The first kappa shape index (κ1) is 6.58. The van der Waals surface area contributed by atoms with E-state index in [-0.39, 0.29) is 5.78 Å². The molecule has 1 aliphatic heterocycles. The molecule has 2 rings (SSSR count). The molecule has 0 fully saturated rings. The molecule has 1 aromatic heterocycles. The molecule has 0 amide bonds. The van der Waals surface area contributed by atoms with E-state index in [0.29, 0.717) is 12.2 Å². The molecule has 0 atom stereocenters. The van der Waals surface area contributed by atoms with Crippen molar-refractivity contribution in [1.82, 2.24) is 9.55 Å². The second-order valence-electron chi connectivity index (χ2n) is 2.93. The minimum atomic E-state index is 0.182. The highest BCUT2D eigenvalue weighted by Crippen LogP contribution is 2.18. The first-order valence-electron chi connectivity index (χ1n) is 3.77. The summed E-state index contributed by atoms with van der Waals surface area (Å²) in [5, 5.41) is 0. The van der Waals surface area contributed by atoms with Gasteiger partial charge in [0.1, 0.15) is 0 Å². The predicted molar refractivity (Wildman–Crippen MR) is 40.6 cm³/mol. The number of aromatic nitrogens is 2. The van der Waals surface area contributed by atoms with Crippen LogP contribution in [0.25, 0.3) is 0 Å². The Hall–Kier alpha value is -1.12. The summed E-state index contributed by atoms with van der Waals surface area (Å²) in [6, 6.07) is 0. The molecule has 0 saturated heterocycles. The molecule has 11 heavy (non-hydrogen) atoms. The monoisotopic (exact) mass is 150 g/mol. The highest BCUT2D eigenvalue weighted by atomic mass is 16.1. The molecule has 0 unspecified atom stereocenters. The lowest BCUT2D eigenvalue weighted by Crippen LogP contribution is -1.95. The van der Waals surface area contributed by atoms with E-state index in [0.717, 1.165) is 17.9 Å². The average Bonchev–Trinajstić information content (AvgIpc) is 2.43. The van der Waals surface area contributed by atoms with Gasteiger partial charge in [-0.15, -0.1) is 0 Å². The molecule has 0 saturated carbocycles. The van der Waals surface area contributed by atoms with E-state index < -0.39 is 0 Å². The standard InChI is InChI=1S/C8H10N2O/c1-5-6(2)10-4-3-7(11)8(10)9-5/h3-4H2,1-2H3. The Morgan fingerprint density at radius 1 is 1.45 bits per heavy atom. The minimum Gasteiger partial charge on any atom is -0.325 e. The third kappa shape index (κ3) is 0.737. The van der Waals surface area contributed by atoms with Gasteiger partial charge in [-0.2, -0.15) is 0 Å². The SMILES string of the molecule is Cc1nc2n(c1C)CCC2=O. The molecule has 1 aromatic rings. The molecule has 0 bridgehead atoms. The molecule has 0 aromatic carbocycles. The molecule has 2 heterocycles. The van der Waals surface area contributed by atoms with Crippen LogP contribution in [-0.2, 0) is 6.54 Å². The zero-order valence-electron chi connectivity index (χ0n) is 6.72. The number of imidazole rings is 1. The van der Waals surface area contributed by atoms with Crippen LogP contribution in [0, 0.1) is 13.8 Å². The van der Waals surface area contributed by atoms with Gasteiger partial charge in [0.2, 0.25) is 0 Å². The first-order chi connectivity index (χ1) is 5.20. The van der Waals surface area contributed by atoms with Crippen LogP contribution in [0.1, 0.15) is 28.4 Å². The summed E-state index contributed by atoms with van der Waals surface area (Å²) < 4.78 is 2.00. The molecular weight excluding hydrogens is 140 g/mol. The smallest absolute Gasteiger partial charge is 0.200 e. The van der Waals surface area contributed by atoms with E-state index in [9.17, 15) is 4.79 Å². The lowest BCUT2D eigenvalue weighted by molar-refractivity contribution is 0.0990. The minimum absolute atomic E-state index is 0.182. The number of fused-ring (bicyclic) bond motifs is 1. The normalized spacial score (nSPS) is 15.6. The van der Waals surface area contributed by atoms with Crippen LogP contribution in [0.4, 0.5) is 0 Å². The van der Waals surface area contributed by atoms with E-state index in [1.807, 2.05) is 18.4 Å². The number of carbonyl (C=O) groups is 1. The predicted octanol–water partition coefficient (Wildman–Crippen LogP) is 1.09. The van der Waals surface area contributed by atoms with Gasteiger partial charge in [-0.25, -0.2) is 4.98 Å². The fourth-order valence-corrected chi connectivity index (χ4v) is 1.47. The van der Waals surface area contributed by atoms with Crippen molar-refractivity contribution < 1.29 is 4.79 Å². The Labute approximate surface area is 65.1 Å². The number of aryl methyl sites for hydroxylation is 1. The van der Waals surface area contributed by atoms with E-state index >= 15 is 0 Å². The summed E-state index contributed by atoms with van der Waals surface area (Å²) in [6.45, 7) is 4.76. The number of nitrogens with zero attached hydrogens (tertiary/aromatic N) is 2. The van der Waals surface area contributed by atoms with Crippen LogP contribution in [0.15, 0.2) is 0 Å². The highest BCUT2D eigenvalue weighted by Gasteiger charge is 2.23. The van der Waals surface area contributed by atoms with Crippen LogP contribution in [0.3, 0.4) is 0 Å². The summed E-state index contributed by atoms with van der Waals surface area (Å²) in [6.07, 6.45) is 0.628. The van der Waals surface area contributed by atoms with Crippen LogP contribution in [0.5, 0.6) is 0 Å². The molecule has 3 nitrogen and oxygen atoms in total.